The lowest BCUT2D eigenvalue weighted by molar-refractivity contribution is -0.132. The van der Waals surface area contributed by atoms with E-state index in [0.29, 0.717) is 17.2 Å². The maximum atomic E-state index is 10.6. The summed E-state index contributed by atoms with van der Waals surface area (Å²) in [6.45, 7) is 3.31. The van der Waals surface area contributed by atoms with E-state index in [1.807, 2.05) is 0 Å². The molecule has 5 N–H and O–H groups in total. The number of aryl methyl sites for hydroxylation is 1. The Balaban J connectivity index is 3.24. The first kappa shape index (κ1) is 10.1. The summed E-state index contributed by atoms with van der Waals surface area (Å²) >= 11 is 0. The second kappa shape index (κ2) is 3.41. The van der Waals surface area contributed by atoms with Crippen molar-refractivity contribution >= 4 is 17.5 Å². The SMILES string of the molecule is C/C(=C(/N)C(=O)O)n1nc(C)cc1N. The van der Waals surface area contributed by atoms with Gasteiger partial charge in [-0.25, -0.2) is 9.48 Å². The van der Waals surface area contributed by atoms with Crippen LogP contribution in [0.2, 0.25) is 0 Å². The van der Waals surface area contributed by atoms with Crippen molar-refractivity contribution in [2.75, 3.05) is 5.73 Å². The Labute approximate surface area is 80.8 Å². The van der Waals surface area contributed by atoms with Gasteiger partial charge < -0.3 is 16.6 Å². The molecule has 1 aromatic rings. The Morgan fingerprint density at radius 2 is 2.21 bits per heavy atom. The maximum absolute atomic E-state index is 10.6. The van der Waals surface area contributed by atoms with E-state index in [1.165, 1.54) is 4.68 Å². The molecule has 0 radical (unpaired) electrons. The third-order valence-corrected chi connectivity index (χ3v) is 1.80. The van der Waals surface area contributed by atoms with E-state index in [0.717, 1.165) is 0 Å². The van der Waals surface area contributed by atoms with Crippen molar-refractivity contribution in [1.82, 2.24) is 9.78 Å². The molecular formula is C8H12N4O2. The molecule has 0 saturated heterocycles. The summed E-state index contributed by atoms with van der Waals surface area (Å²) in [7, 11) is 0. The Bertz CT molecular complexity index is 405. The fourth-order valence-corrected chi connectivity index (χ4v) is 1.06. The predicted molar refractivity (Wildman–Crippen MR) is 52.1 cm³/mol. The van der Waals surface area contributed by atoms with Gasteiger partial charge in [0, 0.05) is 6.07 Å². The number of hydrogen-bond acceptors (Lipinski definition) is 4. The lowest BCUT2D eigenvalue weighted by Crippen LogP contribution is -2.16. The number of aromatic nitrogens is 2. The van der Waals surface area contributed by atoms with Crippen molar-refractivity contribution in [3.05, 3.63) is 17.5 Å². The number of carbonyl (C=O) groups is 1. The average Bonchev–Trinajstić information content (AvgIpc) is 2.42. The molecule has 0 unspecified atom stereocenters. The molecule has 0 amide bonds. The Hall–Kier alpha value is -1.98. The van der Waals surface area contributed by atoms with Gasteiger partial charge in [-0.05, 0) is 13.8 Å². The van der Waals surface area contributed by atoms with E-state index >= 15 is 0 Å². The fraction of sp³-hybridized carbons (Fsp3) is 0.250. The van der Waals surface area contributed by atoms with Crippen LogP contribution in [0.1, 0.15) is 12.6 Å². The zero-order valence-electron chi connectivity index (χ0n) is 7.98. The Kier molecular flexibility index (Phi) is 2.46. The lowest BCUT2D eigenvalue weighted by atomic mass is 10.3. The van der Waals surface area contributed by atoms with Gasteiger partial charge in [-0.2, -0.15) is 5.10 Å². The van der Waals surface area contributed by atoms with Crippen LogP contribution in [0.3, 0.4) is 0 Å². The molecule has 0 atom stereocenters. The minimum Gasteiger partial charge on any atom is -0.477 e. The van der Waals surface area contributed by atoms with E-state index < -0.39 is 5.97 Å². The summed E-state index contributed by atoms with van der Waals surface area (Å²) in [5.74, 6) is -0.820. The highest BCUT2D eigenvalue weighted by molar-refractivity contribution is 5.91. The molecule has 14 heavy (non-hydrogen) atoms. The standard InChI is InChI=1S/C8H12N4O2/c1-4-3-6(9)12(11-4)5(2)7(10)8(13)14/h3H,9-10H2,1-2H3,(H,13,14)/b7-5-. The monoisotopic (exact) mass is 196 g/mol. The van der Waals surface area contributed by atoms with E-state index in [2.05, 4.69) is 5.10 Å². The van der Waals surface area contributed by atoms with Crippen LogP contribution in [-0.4, -0.2) is 20.9 Å². The van der Waals surface area contributed by atoms with Crippen LogP contribution in [0.15, 0.2) is 11.8 Å². The van der Waals surface area contributed by atoms with E-state index in [-0.39, 0.29) is 5.70 Å². The minimum atomic E-state index is -1.19. The molecule has 76 valence electrons. The molecule has 1 rings (SSSR count). The van der Waals surface area contributed by atoms with E-state index in [4.69, 9.17) is 16.6 Å². The summed E-state index contributed by atoms with van der Waals surface area (Å²) in [6.07, 6.45) is 0. The van der Waals surface area contributed by atoms with Crippen LogP contribution < -0.4 is 11.5 Å². The van der Waals surface area contributed by atoms with Crippen LogP contribution in [0.5, 0.6) is 0 Å². The van der Waals surface area contributed by atoms with Crippen molar-refractivity contribution in [3.8, 4) is 0 Å². The summed E-state index contributed by atoms with van der Waals surface area (Å²) in [5.41, 5.74) is 11.7. The van der Waals surface area contributed by atoms with Crippen molar-refractivity contribution in [3.63, 3.8) is 0 Å². The quantitative estimate of drug-likeness (QED) is 0.577. The van der Waals surface area contributed by atoms with Crippen LogP contribution in [-0.2, 0) is 4.79 Å². The second-order valence-electron chi connectivity index (χ2n) is 2.93. The van der Waals surface area contributed by atoms with Gasteiger partial charge >= 0.3 is 5.97 Å². The van der Waals surface area contributed by atoms with Crippen LogP contribution in [0, 0.1) is 6.92 Å². The lowest BCUT2D eigenvalue weighted by Gasteiger charge is -2.05. The normalized spacial score (nSPS) is 12.4. The van der Waals surface area contributed by atoms with Crippen LogP contribution in [0.25, 0.3) is 5.70 Å². The first-order valence-electron chi connectivity index (χ1n) is 3.95. The molecule has 1 aromatic heterocycles. The topological polar surface area (TPSA) is 107 Å². The van der Waals surface area contributed by atoms with E-state index in [1.54, 1.807) is 19.9 Å². The molecule has 1 heterocycles. The first-order chi connectivity index (χ1) is 6.43. The summed E-state index contributed by atoms with van der Waals surface area (Å²) in [5, 5.41) is 12.7. The van der Waals surface area contributed by atoms with Gasteiger partial charge in [-0.3, -0.25) is 0 Å². The molecule has 6 heteroatoms. The molecule has 6 nitrogen and oxygen atoms in total. The van der Waals surface area contributed by atoms with E-state index in [9.17, 15) is 4.79 Å². The molecule has 0 aliphatic heterocycles. The second-order valence-corrected chi connectivity index (χ2v) is 2.93. The first-order valence-corrected chi connectivity index (χ1v) is 3.95. The van der Waals surface area contributed by atoms with Crippen LogP contribution >= 0.6 is 0 Å². The summed E-state index contributed by atoms with van der Waals surface area (Å²) < 4.78 is 1.30. The largest absolute Gasteiger partial charge is 0.477 e. The van der Waals surface area contributed by atoms with Gasteiger partial charge in [0.25, 0.3) is 0 Å². The Morgan fingerprint density at radius 1 is 1.64 bits per heavy atom. The molecule has 0 bridgehead atoms. The zero-order valence-corrected chi connectivity index (χ0v) is 7.98. The maximum Gasteiger partial charge on any atom is 0.353 e. The van der Waals surface area contributed by atoms with Gasteiger partial charge in [-0.1, -0.05) is 0 Å². The third-order valence-electron chi connectivity index (χ3n) is 1.80. The minimum absolute atomic E-state index is 0.264. The smallest absolute Gasteiger partial charge is 0.353 e. The molecule has 0 aliphatic rings. The summed E-state index contributed by atoms with van der Waals surface area (Å²) in [4.78, 5) is 10.6. The number of allylic oxidation sites excluding steroid dienone is 1. The summed E-state index contributed by atoms with van der Waals surface area (Å²) in [6, 6.07) is 1.64. The average molecular weight is 196 g/mol. The number of carboxylic acids is 1. The third kappa shape index (κ3) is 1.68. The van der Waals surface area contributed by atoms with Gasteiger partial charge in [0.05, 0.1) is 11.4 Å². The number of nitrogens with zero attached hydrogens (tertiary/aromatic N) is 2. The number of rotatable bonds is 2. The number of aliphatic carboxylic acids is 1. The molecule has 0 saturated carbocycles. The Morgan fingerprint density at radius 3 is 2.57 bits per heavy atom. The van der Waals surface area contributed by atoms with Gasteiger partial charge in [-0.15, -0.1) is 0 Å². The predicted octanol–water partition coefficient (Wildman–Crippen LogP) is 0.00552. The molecule has 0 fully saturated rings. The number of hydrogen-bond donors (Lipinski definition) is 3. The zero-order chi connectivity index (χ0) is 10.9. The number of nitrogen functional groups attached to an aromatic ring is 1. The van der Waals surface area contributed by atoms with Crippen molar-refractivity contribution in [2.24, 2.45) is 5.73 Å². The van der Waals surface area contributed by atoms with Crippen molar-refractivity contribution < 1.29 is 9.90 Å². The molecular weight excluding hydrogens is 184 g/mol. The van der Waals surface area contributed by atoms with Gasteiger partial charge in [0.2, 0.25) is 0 Å². The van der Waals surface area contributed by atoms with Crippen LogP contribution in [0.4, 0.5) is 5.82 Å². The number of anilines is 1. The highest BCUT2D eigenvalue weighted by Crippen LogP contribution is 2.13. The van der Waals surface area contributed by atoms with Gasteiger partial charge in [0.15, 0.2) is 0 Å². The van der Waals surface area contributed by atoms with Crippen molar-refractivity contribution in [1.29, 1.82) is 0 Å². The molecule has 0 aliphatic carbocycles. The van der Waals surface area contributed by atoms with Gasteiger partial charge in [0.1, 0.15) is 11.5 Å². The molecule has 0 aromatic carbocycles. The highest BCUT2D eigenvalue weighted by Gasteiger charge is 2.11. The molecule has 0 spiro atoms. The fourth-order valence-electron chi connectivity index (χ4n) is 1.06. The highest BCUT2D eigenvalue weighted by atomic mass is 16.4. The number of nitrogens with two attached hydrogens (primary N) is 2. The number of carboxylic acid groups (broad SMARTS) is 1. The van der Waals surface area contributed by atoms with Crippen molar-refractivity contribution in [2.45, 2.75) is 13.8 Å².